The van der Waals surface area contributed by atoms with Crippen LogP contribution in [-0.4, -0.2) is 65.2 Å². The molecule has 1 N–H and O–H groups in total. The lowest BCUT2D eigenvalue weighted by Gasteiger charge is -2.44. The lowest BCUT2D eigenvalue weighted by Crippen LogP contribution is -2.52. The lowest BCUT2D eigenvalue weighted by atomic mass is 9.86. The molecule has 12 nitrogen and oxygen atoms in total. The van der Waals surface area contributed by atoms with Gasteiger partial charge in [-0.25, -0.2) is 18.0 Å². The summed E-state index contributed by atoms with van der Waals surface area (Å²) >= 11 is 12.8. The fraction of sp³-hybridized carbons (Fsp3) is 0.324. The van der Waals surface area contributed by atoms with Crippen molar-refractivity contribution in [3.05, 3.63) is 123 Å². The Labute approximate surface area is 311 Å². The Morgan fingerprint density at radius 2 is 1.62 bits per heavy atom. The van der Waals surface area contributed by atoms with E-state index in [-0.39, 0.29) is 38.9 Å². The molecule has 15 heteroatoms. The van der Waals surface area contributed by atoms with E-state index in [4.69, 9.17) is 42.1 Å². The van der Waals surface area contributed by atoms with Crippen LogP contribution < -0.4 is 18.9 Å². The van der Waals surface area contributed by atoms with Crippen LogP contribution in [-0.2, 0) is 30.7 Å². The summed E-state index contributed by atoms with van der Waals surface area (Å²) in [5, 5.41) is 12.0. The van der Waals surface area contributed by atoms with Gasteiger partial charge in [-0.05, 0) is 73.3 Å². The van der Waals surface area contributed by atoms with E-state index in [9.17, 15) is 23.2 Å². The van der Waals surface area contributed by atoms with E-state index in [1.54, 1.807) is 48.5 Å². The predicted molar refractivity (Wildman–Crippen MR) is 192 cm³/mol. The second kappa shape index (κ2) is 16.1. The monoisotopic (exact) mass is 769 g/mol. The number of fused-ring (bicyclic) bond motifs is 3. The number of benzene rings is 3. The SMILES string of the molecule is COc1ccc(C(Cc2c(Cl)c[n+]([O-])cc2Cl)OC(=O)c2cccc(S(=O)(=O)N[C@H](C(=O)O[C@H]3CN4CCC3CC4)c3ccccc3)c2)cc1OC. The number of aromatic nitrogens is 1. The molecule has 0 spiro atoms. The highest BCUT2D eigenvalue weighted by molar-refractivity contribution is 7.89. The summed E-state index contributed by atoms with van der Waals surface area (Å²) in [7, 11) is -1.45. The standard InChI is InChI=1S/C37H37Cl2N3O9S/c1-48-31-12-11-25(18-33(31)49-2)32(19-28-29(38)20-42(45)21-30(28)39)50-36(43)26-9-6-10-27(17-26)52(46,47)40-35(24-7-4-3-5-8-24)37(44)51-34-22-41-15-13-23(34)14-16-41/h3-12,17-18,20-21,23,32,34-35,40H,13-16,19,22H2,1-2H3/t32?,34-,35-/m0/s1. The molecular weight excluding hydrogens is 733 g/mol. The van der Waals surface area contributed by atoms with Gasteiger partial charge in [0.05, 0.1) is 24.7 Å². The number of pyridine rings is 1. The molecule has 3 aliphatic rings. The highest BCUT2D eigenvalue weighted by Crippen LogP contribution is 2.36. The zero-order chi connectivity index (χ0) is 37.0. The van der Waals surface area contributed by atoms with Gasteiger partial charge in [-0.2, -0.15) is 9.45 Å². The number of piperidine rings is 3. The maximum atomic E-state index is 13.9. The molecule has 1 aromatic heterocycles. The van der Waals surface area contributed by atoms with Crippen molar-refractivity contribution >= 4 is 45.2 Å². The first-order chi connectivity index (χ1) is 24.9. The number of hydrogen-bond acceptors (Lipinski definition) is 10. The van der Waals surface area contributed by atoms with Crippen LogP contribution in [0.25, 0.3) is 0 Å². The second-order valence-corrected chi connectivity index (χ2v) is 15.1. The Kier molecular flexibility index (Phi) is 11.6. The molecular formula is C37H37Cl2N3O9S. The van der Waals surface area contributed by atoms with Gasteiger partial charge in [0.2, 0.25) is 10.0 Å². The summed E-state index contributed by atoms with van der Waals surface area (Å²) < 4.78 is 53.4. The summed E-state index contributed by atoms with van der Waals surface area (Å²) in [6.45, 7) is 2.52. The van der Waals surface area contributed by atoms with E-state index in [1.165, 1.54) is 38.5 Å². The number of ether oxygens (including phenoxy) is 4. The summed E-state index contributed by atoms with van der Waals surface area (Å²) in [6.07, 6.45) is 2.71. The number of nitrogens with zero attached hydrogens (tertiary/aromatic N) is 2. The van der Waals surface area contributed by atoms with Crippen molar-refractivity contribution in [1.29, 1.82) is 0 Å². The highest BCUT2D eigenvalue weighted by atomic mass is 35.5. The molecule has 4 aromatic rings. The zero-order valence-corrected chi connectivity index (χ0v) is 30.7. The number of sulfonamides is 1. The average molecular weight is 771 g/mol. The van der Waals surface area contributed by atoms with Crippen molar-refractivity contribution in [3.8, 4) is 11.5 Å². The summed E-state index contributed by atoms with van der Waals surface area (Å²) in [4.78, 5) is 29.4. The first-order valence-electron chi connectivity index (χ1n) is 16.6. The van der Waals surface area contributed by atoms with E-state index in [0.29, 0.717) is 39.5 Å². The molecule has 0 radical (unpaired) electrons. The van der Waals surface area contributed by atoms with Crippen molar-refractivity contribution < 1.29 is 41.7 Å². The molecule has 3 aromatic carbocycles. The minimum Gasteiger partial charge on any atom is -0.619 e. The quantitative estimate of drug-likeness (QED) is 0.106. The van der Waals surface area contributed by atoms with Crippen LogP contribution in [0.5, 0.6) is 11.5 Å². The van der Waals surface area contributed by atoms with Crippen molar-refractivity contribution in [2.24, 2.45) is 5.92 Å². The number of halogens is 2. The molecule has 3 aliphatic heterocycles. The molecule has 3 fully saturated rings. The number of carbonyl (C=O) groups is 2. The average Bonchev–Trinajstić information content (AvgIpc) is 3.15. The molecule has 3 atom stereocenters. The Bertz CT molecular complexity index is 2020. The maximum absolute atomic E-state index is 13.9. The highest BCUT2D eigenvalue weighted by Gasteiger charge is 2.39. The van der Waals surface area contributed by atoms with E-state index < -0.39 is 34.1 Å². The van der Waals surface area contributed by atoms with Crippen molar-refractivity contribution in [2.45, 2.75) is 42.4 Å². The van der Waals surface area contributed by atoms with Gasteiger partial charge in [-0.3, -0.25) is 4.90 Å². The Morgan fingerprint density at radius 1 is 0.923 bits per heavy atom. The number of esters is 2. The molecule has 52 heavy (non-hydrogen) atoms. The maximum Gasteiger partial charge on any atom is 0.338 e. The van der Waals surface area contributed by atoms with Crippen LogP contribution in [0.2, 0.25) is 10.0 Å². The number of methoxy groups -OCH3 is 2. The molecule has 3 saturated heterocycles. The lowest BCUT2D eigenvalue weighted by molar-refractivity contribution is -0.605. The molecule has 0 saturated carbocycles. The summed E-state index contributed by atoms with van der Waals surface area (Å²) in [6, 6.07) is 17.4. The Hall–Kier alpha value is -4.40. The number of rotatable bonds is 13. The summed E-state index contributed by atoms with van der Waals surface area (Å²) in [5.41, 5.74) is 1.16. The first kappa shape index (κ1) is 37.4. The van der Waals surface area contributed by atoms with Gasteiger partial charge < -0.3 is 24.2 Å². The minimum absolute atomic E-state index is 0.0419. The van der Waals surface area contributed by atoms with E-state index >= 15 is 0 Å². The van der Waals surface area contributed by atoms with E-state index in [0.717, 1.165) is 38.3 Å². The molecule has 274 valence electrons. The van der Waals surface area contributed by atoms with Crippen LogP contribution in [0.15, 0.2) is 90.1 Å². The second-order valence-electron chi connectivity index (χ2n) is 12.6. The van der Waals surface area contributed by atoms with Gasteiger partial charge in [0, 0.05) is 18.5 Å². The van der Waals surface area contributed by atoms with Crippen LogP contribution in [0.1, 0.15) is 52.0 Å². The first-order valence-corrected chi connectivity index (χ1v) is 18.8. The van der Waals surface area contributed by atoms with Crippen LogP contribution >= 0.6 is 23.2 Å². The number of hydrogen-bond donors (Lipinski definition) is 1. The fourth-order valence-corrected chi connectivity index (χ4v) is 8.38. The van der Waals surface area contributed by atoms with E-state index in [2.05, 4.69) is 9.62 Å². The third-order valence-electron chi connectivity index (χ3n) is 9.36. The molecule has 7 rings (SSSR count). The van der Waals surface area contributed by atoms with Gasteiger partial charge in [0.1, 0.15) is 28.3 Å². The van der Waals surface area contributed by atoms with Crippen LogP contribution in [0.4, 0.5) is 0 Å². The molecule has 0 amide bonds. The zero-order valence-electron chi connectivity index (χ0n) is 28.4. The van der Waals surface area contributed by atoms with Gasteiger partial charge in [-0.1, -0.05) is 65.7 Å². The van der Waals surface area contributed by atoms with Crippen molar-refractivity contribution in [3.63, 3.8) is 0 Å². The third-order valence-corrected chi connectivity index (χ3v) is 11.4. The number of carbonyl (C=O) groups excluding carboxylic acids is 2. The Morgan fingerprint density at radius 3 is 2.25 bits per heavy atom. The predicted octanol–water partition coefficient (Wildman–Crippen LogP) is 5.44. The largest absolute Gasteiger partial charge is 0.619 e. The summed E-state index contributed by atoms with van der Waals surface area (Å²) in [5.74, 6) is -0.540. The third kappa shape index (κ3) is 8.45. The van der Waals surface area contributed by atoms with Crippen LogP contribution in [0, 0.1) is 11.1 Å². The normalized spacial score (nSPS) is 19.3. The van der Waals surface area contributed by atoms with Gasteiger partial charge in [0.15, 0.2) is 23.9 Å². The Balaban J connectivity index is 1.26. The molecule has 1 unspecified atom stereocenters. The smallest absolute Gasteiger partial charge is 0.338 e. The molecule has 0 aliphatic carbocycles. The van der Waals surface area contributed by atoms with Crippen LogP contribution in [0.3, 0.4) is 0 Å². The number of nitrogens with one attached hydrogen (secondary N) is 1. The minimum atomic E-state index is -4.39. The van der Waals surface area contributed by atoms with E-state index in [1.807, 2.05) is 0 Å². The van der Waals surface area contributed by atoms with Gasteiger partial charge in [-0.15, -0.1) is 0 Å². The molecule has 4 heterocycles. The molecule has 2 bridgehead atoms. The van der Waals surface area contributed by atoms with Crippen molar-refractivity contribution in [1.82, 2.24) is 9.62 Å². The van der Waals surface area contributed by atoms with Gasteiger partial charge >= 0.3 is 11.9 Å². The topological polar surface area (TPSA) is 147 Å². The fourth-order valence-electron chi connectivity index (χ4n) is 6.56. The van der Waals surface area contributed by atoms with Gasteiger partial charge in [0.25, 0.3) is 0 Å². The van der Waals surface area contributed by atoms with Crippen molar-refractivity contribution in [2.75, 3.05) is 33.9 Å².